The predicted molar refractivity (Wildman–Crippen MR) is 70.7 cm³/mol. The Balaban J connectivity index is 2.16. The van der Waals surface area contributed by atoms with Crippen LogP contribution in [-0.2, 0) is 0 Å². The molecule has 1 aromatic carbocycles. The van der Waals surface area contributed by atoms with Crippen molar-refractivity contribution in [3.8, 4) is 5.75 Å². The van der Waals surface area contributed by atoms with Crippen LogP contribution in [0.15, 0.2) is 30.5 Å². The maximum absolute atomic E-state index is 13.7. The molecule has 100 valence electrons. The van der Waals surface area contributed by atoms with Gasteiger partial charge in [-0.1, -0.05) is 0 Å². The Morgan fingerprint density at radius 2 is 2.21 bits per heavy atom. The van der Waals surface area contributed by atoms with Gasteiger partial charge in [0, 0.05) is 18.0 Å². The quantitative estimate of drug-likeness (QED) is 0.565. The second kappa shape index (κ2) is 5.96. The largest absolute Gasteiger partial charge is 0.491 e. The summed E-state index contributed by atoms with van der Waals surface area (Å²) in [5, 5.41) is 2.95. The van der Waals surface area contributed by atoms with E-state index < -0.39 is 5.82 Å². The first-order valence-electron chi connectivity index (χ1n) is 5.72. The lowest BCUT2D eigenvalue weighted by atomic mass is 10.3. The smallest absolute Gasteiger partial charge is 0.239 e. The predicted octanol–water partition coefficient (Wildman–Crippen LogP) is 2.04. The SMILES string of the molecule is CCOc1ccc(Nc2ccnc(NN)n2)cc1F. The summed E-state index contributed by atoms with van der Waals surface area (Å²) in [5.74, 6) is 5.78. The topological polar surface area (TPSA) is 85.1 Å². The van der Waals surface area contributed by atoms with E-state index in [9.17, 15) is 4.39 Å². The average Bonchev–Trinajstić information content (AvgIpc) is 2.42. The van der Waals surface area contributed by atoms with Gasteiger partial charge in [0.1, 0.15) is 5.82 Å². The normalized spacial score (nSPS) is 10.1. The zero-order chi connectivity index (χ0) is 13.7. The molecule has 0 aliphatic rings. The van der Waals surface area contributed by atoms with E-state index in [1.54, 1.807) is 25.1 Å². The van der Waals surface area contributed by atoms with Crippen LogP contribution >= 0.6 is 0 Å². The summed E-state index contributed by atoms with van der Waals surface area (Å²) >= 11 is 0. The van der Waals surface area contributed by atoms with Crippen LogP contribution < -0.4 is 21.3 Å². The molecular formula is C12H14FN5O. The number of benzene rings is 1. The molecule has 4 N–H and O–H groups in total. The van der Waals surface area contributed by atoms with Crippen LogP contribution in [0.3, 0.4) is 0 Å². The second-order valence-corrected chi connectivity index (χ2v) is 3.61. The summed E-state index contributed by atoms with van der Waals surface area (Å²) in [7, 11) is 0. The molecule has 0 spiro atoms. The van der Waals surface area contributed by atoms with E-state index in [4.69, 9.17) is 10.6 Å². The number of nitrogen functional groups attached to an aromatic ring is 1. The molecule has 2 rings (SSSR count). The number of hydrazine groups is 1. The van der Waals surface area contributed by atoms with E-state index in [-0.39, 0.29) is 11.7 Å². The van der Waals surface area contributed by atoms with Gasteiger partial charge < -0.3 is 10.1 Å². The lowest BCUT2D eigenvalue weighted by Crippen LogP contribution is -2.10. The molecule has 0 saturated heterocycles. The Kier molecular flexibility index (Phi) is 4.09. The fourth-order valence-electron chi connectivity index (χ4n) is 1.50. The van der Waals surface area contributed by atoms with Crippen molar-refractivity contribution in [1.29, 1.82) is 0 Å². The number of ether oxygens (including phenoxy) is 1. The minimum Gasteiger partial charge on any atom is -0.491 e. The molecule has 0 atom stereocenters. The number of hydrogen-bond donors (Lipinski definition) is 3. The van der Waals surface area contributed by atoms with E-state index in [0.29, 0.717) is 18.1 Å². The molecule has 7 heteroatoms. The number of halogens is 1. The second-order valence-electron chi connectivity index (χ2n) is 3.61. The summed E-state index contributed by atoms with van der Waals surface area (Å²) in [6, 6.07) is 6.24. The fourth-order valence-corrected chi connectivity index (χ4v) is 1.50. The van der Waals surface area contributed by atoms with Crippen LogP contribution in [0.1, 0.15) is 6.92 Å². The molecular weight excluding hydrogens is 249 g/mol. The average molecular weight is 263 g/mol. The summed E-state index contributed by atoms with van der Waals surface area (Å²) in [6.45, 7) is 2.22. The molecule has 1 heterocycles. The highest BCUT2D eigenvalue weighted by atomic mass is 19.1. The molecule has 0 saturated carbocycles. The maximum Gasteiger partial charge on any atom is 0.239 e. The molecule has 0 unspecified atom stereocenters. The summed E-state index contributed by atoms with van der Waals surface area (Å²) in [6.07, 6.45) is 1.54. The highest BCUT2D eigenvalue weighted by Gasteiger charge is 2.05. The first kappa shape index (κ1) is 13.0. The molecule has 0 aliphatic heterocycles. The highest BCUT2D eigenvalue weighted by molar-refractivity contribution is 5.58. The number of aromatic nitrogens is 2. The number of nitrogens with zero attached hydrogens (tertiary/aromatic N) is 2. The molecule has 0 aliphatic carbocycles. The molecule has 6 nitrogen and oxygen atoms in total. The first-order chi connectivity index (χ1) is 9.22. The van der Waals surface area contributed by atoms with E-state index in [1.807, 2.05) is 0 Å². The van der Waals surface area contributed by atoms with Gasteiger partial charge in [-0.25, -0.2) is 15.2 Å². The monoisotopic (exact) mass is 263 g/mol. The van der Waals surface area contributed by atoms with Crippen LogP contribution in [0.4, 0.5) is 21.8 Å². The van der Waals surface area contributed by atoms with Crippen molar-refractivity contribution in [2.45, 2.75) is 6.92 Å². The molecule has 0 amide bonds. The van der Waals surface area contributed by atoms with E-state index in [1.165, 1.54) is 12.3 Å². The minimum absolute atomic E-state index is 0.222. The van der Waals surface area contributed by atoms with Crippen molar-refractivity contribution in [1.82, 2.24) is 9.97 Å². The molecule has 0 fully saturated rings. The minimum atomic E-state index is -0.432. The Hall–Kier alpha value is -2.41. The summed E-state index contributed by atoms with van der Waals surface area (Å²) in [5.41, 5.74) is 2.89. The van der Waals surface area contributed by atoms with E-state index >= 15 is 0 Å². The van der Waals surface area contributed by atoms with Gasteiger partial charge in [0.25, 0.3) is 0 Å². The van der Waals surface area contributed by atoms with Gasteiger partial charge in [-0.2, -0.15) is 4.98 Å². The van der Waals surface area contributed by atoms with Gasteiger partial charge >= 0.3 is 0 Å². The third kappa shape index (κ3) is 3.29. The van der Waals surface area contributed by atoms with Crippen LogP contribution in [0.5, 0.6) is 5.75 Å². The molecule has 1 aromatic heterocycles. The zero-order valence-corrected chi connectivity index (χ0v) is 10.4. The lowest BCUT2D eigenvalue weighted by Gasteiger charge is -2.09. The van der Waals surface area contributed by atoms with Gasteiger partial charge in [-0.05, 0) is 25.1 Å². The Bertz CT molecular complexity index is 564. The number of rotatable bonds is 5. The molecule has 0 radical (unpaired) electrons. The zero-order valence-electron chi connectivity index (χ0n) is 10.4. The van der Waals surface area contributed by atoms with E-state index in [2.05, 4.69) is 20.7 Å². The summed E-state index contributed by atoms with van der Waals surface area (Å²) in [4.78, 5) is 7.94. The van der Waals surface area contributed by atoms with Crippen molar-refractivity contribution < 1.29 is 9.13 Å². The van der Waals surface area contributed by atoms with E-state index in [0.717, 1.165) is 0 Å². The Labute approximate surface area is 109 Å². The van der Waals surface area contributed by atoms with Gasteiger partial charge in [-0.15, -0.1) is 0 Å². The molecule has 2 aromatic rings. The number of nitrogens with one attached hydrogen (secondary N) is 2. The van der Waals surface area contributed by atoms with Gasteiger partial charge in [0.2, 0.25) is 5.95 Å². The van der Waals surface area contributed by atoms with Crippen LogP contribution in [0.25, 0.3) is 0 Å². The fraction of sp³-hybridized carbons (Fsp3) is 0.167. The van der Waals surface area contributed by atoms with Crippen molar-refractivity contribution in [2.24, 2.45) is 5.84 Å². The highest BCUT2D eigenvalue weighted by Crippen LogP contribution is 2.23. The first-order valence-corrected chi connectivity index (χ1v) is 5.72. The van der Waals surface area contributed by atoms with Crippen molar-refractivity contribution >= 4 is 17.5 Å². The van der Waals surface area contributed by atoms with Crippen molar-refractivity contribution in [2.75, 3.05) is 17.3 Å². The maximum atomic E-state index is 13.7. The van der Waals surface area contributed by atoms with Gasteiger partial charge in [0.15, 0.2) is 11.6 Å². The lowest BCUT2D eigenvalue weighted by molar-refractivity contribution is 0.321. The molecule has 19 heavy (non-hydrogen) atoms. The number of nitrogens with two attached hydrogens (primary N) is 1. The Morgan fingerprint density at radius 1 is 1.37 bits per heavy atom. The Morgan fingerprint density at radius 3 is 2.89 bits per heavy atom. The van der Waals surface area contributed by atoms with Crippen LogP contribution in [0.2, 0.25) is 0 Å². The van der Waals surface area contributed by atoms with Crippen LogP contribution in [0, 0.1) is 5.82 Å². The standard InChI is InChI=1S/C12H14FN5O/c1-2-19-10-4-3-8(7-9(10)13)16-11-5-6-15-12(17-11)18-14/h3-7H,2,14H2,1H3,(H2,15,16,17,18). The van der Waals surface area contributed by atoms with Gasteiger partial charge in [0.05, 0.1) is 6.61 Å². The molecule has 0 bridgehead atoms. The number of anilines is 3. The van der Waals surface area contributed by atoms with Gasteiger partial charge in [-0.3, -0.25) is 5.43 Å². The third-order valence-electron chi connectivity index (χ3n) is 2.29. The summed E-state index contributed by atoms with van der Waals surface area (Å²) < 4.78 is 18.8. The third-order valence-corrected chi connectivity index (χ3v) is 2.29. The van der Waals surface area contributed by atoms with Crippen molar-refractivity contribution in [3.63, 3.8) is 0 Å². The van der Waals surface area contributed by atoms with Crippen molar-refractivity contribution in [3.05, 3.63) is 36.3 Å². The number of hydrogen-bond acceptors (Lipinski definition) is 6. The van der Waals surface area contributed by atoms with Crippen LogP contribution in [-0.4, -0.2) is 16.6 Å².